The molecule has 0 aliphatic heterocycles. The molecular weight excluding hydrogens is 230 g/mol. The van der Waals surface area contributed by atoms with Gasteiger partial charge in [-0.2, -0.15) is 0 Å². The summed E-state index contributed by atoms with van der Waals surface area (Å²) in [6.07, 6.45) is -0.391. The van der Waals surface area contributed by atoms with Gasteiger partial charge < -0.3 is 14.8 Å². The fourth-order valence-corrected chi connectivity index (χ4v) is 1.07. The lowest BCUT2D eigenvalue weighted by molar-refractivity contribution is -0.0636. The van der Waals surface area contributed by atoms with E-state index in [-0.39, 0.29) is 11.0 Å². The molecule has 0 aliphatic rings. The normalized spacial score (nSPS) is 12.7. The zero-order valence-electron chi connectivity index (χ0n) is 12.9. The van der Waals surface area contributed by atoms with Gasteiger partial charge in [-0.1, -0.05) is 27.7 Å². The molecule has 0 rings (SSSR count). The SMILES string of the molecule is CCOC(=O)NCC(C)(C)OCC(C)(C)C(C)C. The van der Waals surface area contributed by atoms with Gasteiger partial charge in [0.15, 0.2) is 0 Å². The molecule has 0 atom stereocenters. The van der Waals surface area contributed by atoms with Gasteiger partial charge in [-0.05, 0) is 32.1 Å². The van der Waals surface area contributed by atoms with Gasteiger partial charge in [-0.15, -0.1) is 0 Å². The van der Waals surface area contributed by atoms with Crippen LogP contribution in [0, 0.1) is 11.3 Å². The molecule has 4 heteroatoms. The quantitative estimate of drug-likeness (QED) is 0.763. The van der Waals surface area contributed by atoms with Crippen LogP contribution < -0.4 is 5.32 Å². The van der Waals surface area contributed by atoms with E-state index < -0.39 is 6.09 Å². The number of ether oxygens (including phenoxy) is 2. The lowest BCUT2D eigenvalue weighted by Crippen LogP contribution is -2.43. The Bertz CT molecular complexity index is 260. The number of amides is 1. The molecule has 0 unspecified atom stereocenters. The van der Waals surface area contributed by atoms with E-state index in [1.165, 1.54) is 0 Å². The Kier molecular flexibility index (Phi) is 6.68. The van der Waals surface area contributed by atoms with Crippen LogP contribution in [0.3, 0.4) is 0 Å². The largest absolute Gasteiger partial charge is 0.450 e. The molecule has 0 saturated heterocycles. The predicted octanol–water partition coefficient (Wildman–Crippen LogP) is 3.21. The fraction of sp³-hybridized carbons (Fsp3) is 0.929. The van der Waals surface area contributed by atoms with Gasteiger partial charge in [0, 0.05) is 6.54 Å². The topological polar surface area (TPSA) is 47.6 Å². The van der Waals surface area contributed by atoms with Gasteiger partial charge in [0.2, 0.25) is 0 Å². The molecule has 0 radical (unpaired) electrons. The molecule has 1 N–H and O–H groups in total. The maximum Gasteiger partial charge on any atom is 0.407 e. The van der Waals surface area contributed by atoms with Crippen molar-refractivity contribution in [3.63, 3.8) is 0 Å². The number of hydrogen-bond acceptors (Lipinski definition) is 3. The van der Waals surface area contributed by atoms with Crippen LogP contribution in [0.4, 0.5) is 4.79 Å². The summed E-state index contributed by atoms with van der Waals surface area (Å²) >= 11 is 0. The highest BCUT2D eigenvalue weighted by molar-refractivity contribution is 5.67. The van der Waals surface area contributed by atoms with E-state index >= 15 is 0 Å². The summed E-state index contributed by atoms with van der Waals surface area (Å²) in [7, 11) is 0. The van der Waals surface area contributed by atoms with Gasteiger partial charge in [0.05, 0.1) is 18.8 Å². The second-order valence-corrected chi connectivity index (χ2v) is 6.27. The van der Waals surface area contributed by atoms with Crippen LogP contribution in [0.2, 0.25) is 0 Å². The Morgan fingerprint density at radius 2 is 1.78 bits per heavy atom. The monoisotopic (exact) mass is 259 g/mol. The summed E-state index contributed by atoms with van der Waals surface area (Å²) in [5.41, 5.74) is -0.264. The van der Waals surface area contributed by atoms with E-state index in [2.05, 4.69) is 33.0 Å². The van der Waals surface area contributed by atoms with Crippen LogP contribution in [0.5, 0.6) is 0 Å². The first-order valence-corrected chi connectivity index (χ1v) is 6.65. The number of carbonyl (C=O) groups excluding carboxylic acids is 1. The zero-order valence-corrected chi connectivity index (χ0v) is 12.9. The smallest absolute Gasteiger partial charge is 0.407 e. The maximum absolute atomic E-state index is 11.2. The molecule has 1 amide bonds. The summed E-state index contributed by atoms with van der Waals surface area (Å²) in [5, 5.41) is 2.70. The number of nitrogens with one attached hydrogen (secondary N) is 1. The second-order valence-electron chi connectivity index (χ2n) is 6.27. The lowest BCUT2D eigenvalue weighted by Gasteiger charge is -2.34. The van der Waals surface area contributed by atoms with Crippen molar-refractivity contribution in [2.45, 2.75) is 54.1 Å². The standard InChI is InChI=1S/C14H29NO3/c1-8-17-12(16)15-9-14(6,7)18-10-13(4,5)11(2)3/h11H,8-10H2,1-7H3,(H,15,16). The van der Waals surface area contributed by atoms with Gasteiger partial charge in [0.25, 0.3) is 0 Å². The minimum absolute atomic E-state index is 0.126. The van der Waals surface area contributed by atoms with Crippen LogP contribution >= 0.6 is 0 Å². The number of rotatable bonds is 7. The molecule has 0 heterocycles. The van der Waals surface area contributed by atoms with Crippen molar-refractivity contribution >= 4 is 6.09 Å². The molecule has 0 aliphatic carbocycles. The number of carbonyl (C=O) groups is 1. The van der Waals surface area contributed by atoms with E-state index in [0.717, 1.165) is 0 Å². The van der Waals surface area contributed by atoms with Crippen LogP contribution in [0.1, 0.15) is 48.5 Å². The highest BCUT2D eigenvalue weighted by atomic mass is 16.5. The molecule has 0 fully saturated rings. The summed E-state index contributed by atoms with van der Waals surface area (Å²) in [4.78, 5) is 11.2. The average Bonchev–Trinajstić information content (AvgIpc) is 2.25. The third-order valence-electron chi connectivity index (χ3n) is 3.33. The fourth-order valence-electron chi connectivity index (χ4n) is 1.07. The van der Waals surface area contributed by atoms with E-state index in [0.29, 0.717) is 25.7 Å². The summed E-state index contributed by atoms with van der Waals surface area (Å²) in [6, 6.07) is 0. The molecule has 0 bridgehead atoms. The Morgan fingerprint density at radius 3 is 2.22 bits per heavy atom. The number of hydrogen-bond donors (Lipinski definition) is 1. The van der Waals surface area contributed by atoms with Crippen LogP contribution in [-0.2, 0) is 9.47 Å². The highest BCUT2D eigenvalue weighted by Crippen LogP contribution is 2.28. The number of alkyl carbamates (subject to hydrolysis) is 1. The molecular formula is C14H29NO3. The van der Waals surface area contributed by atoms with Crippen LogP contribution in [0.25, 0.3) is 0 Å². The first kappa shape index (κ1) is 17.2. The van der Waals surface area contributed by atoms with E-state index in [1.54, 1.807) is 6.92 Å². The molecule has 0 saturated carbocycles. The molecule has 0 aromatic heterocycles. The van der Waals surface area contributed by atoms with Crippen molar-refractivity contribution in [3.05, 3.63) is 0 Å². The Morgan fingerprint density at radius 1 is 1.22 bits per heavy atom. The Labute approximate surface area is 111 Å². The molecule has 4 nitrogen and oxygen atoms in total. The van der Waals surface area contributed by atoms with Gasteiger partial charge in [-0.25, -0.2) is 4.79 Å². The Hall–Kier alpha value is -0.770. The first-order chi connectivity index (χ1) is 8.10. The highest BCUT2D eigenvalue weighted by Gasteiger charge is 2.27. The summed E-state index contributed by atoms with van der Waals surface area (Å²) in [6.45, 7) is 16.0. The third-order valence-corrected chi connectivity index (χ3v) is 3.33. The third kappa shape index (κ3) is 6.84. The first-order valence-electron chi connectivity index (χ1n) is 6.65. The van der Waals surface area contributed by atoms with E-state index in [1.807, 2.05) is 13.8 Å². The Balaban J connectivity index is 4.12. The minimum atomic E-state index is -0.391. The van der Waals surface area contributed by atoms with E-state index in [4.69, 9.17) is 9.47 Å². The van der Waals surface area contributed by atoms with Gasteiger partial charge >= 0.3 is 6.09 Å². The van der Waals surface area contributed by atoms with Crippen molar-refractivity contribution in [2.24, 2.45) is 11.3 Å². The molecule has 0 aromatic rings. The van der Waals surface area contributed by atoms with E-state index in [9.17, 15) is 4.79 Å². The van der Waals surface area contributed by atoms with Gasteiger partial charge in [0.1, 0.15) is 0 Å². The van der Waals surface area contributed by atoms with Crippen LogP contribution in [0.15, 0.2) is 0 Å². The molecule has 0 aromatic carbocycles. The zero-order chi connectivity index (χ0) is 14.4. The van der Waals surface area contributed by atoms with Crippen molar-refractivity contribution in [3.8, 4) is 0 Å². The molecule has 0 spiro atoms. The van der Waals surface area contributed by atoms with Crippen LogP contribution in [-0.4, -0.2) is 31.5 Å². The molecule has 18 heavy (non-hydrogen) atoms. The summed E-state index contributed by atoms with van der Waals surface area (Å²) < 4.78 is 10.7. The van der Waals surface area contributed by atoms with Crippen molar-refractivity contribution in [2.75, 3.05) is 19.8 Å². The van der Waals surface area contributed by atoms with Gasteiger partial charge in [-0.3, -0.25) is 0 Å². The van der Waals surface area contributed by atoms with Crippen molar-refractivity contribution in [1.82, 2.24) is 5.32 Å². The predicted molar refractivity (Wildman–Crippen MR) is 73.7 cm³/mol. The maximum atomic E-state index is 11.2. The lowest BCUT2D eigenvalue weighted by atomic mass is 9.82. The average molecular weight is 259 g/mol. The summed E-state index contributed by atoms with van der Waals surface area (Å²) in [5.74, 6) is 0.548. The minimum Gasteiger partial charge on any atom is -0.450 e. The van der Waals surface area contributed by atoms with Crippen molar-refractivity contribution in [1.29, 1.82) is 0 Å². The second kappa shape index (κ2) is 6.98. The molecule has 108 valence electrons. The van der Waals surface area contributed by atoms with Crippen molar-refractivity contribution < 1.29 is 14.3 Å².